The van der Waals surface area contributed by atoms with Gasteiger partial charge in [0, 0.05) is 7.11 Å². The molecule has 0 saturated carbocycles. The number of alkyl halides is 3. The lowest BCUT2D eigenvalue weighted by molar-refractivity contribution is -0.125. The van der Waals surface area contributed by atoms with Gasteiger partial charge in [-0.3, -0.25) is 0 Å². The van der Waals surface area contributed by atoms with E-state index in [2.05, 4.69) is 15.5 Å². The molecule has 1 rings (SSSR count). The second-order valence-electron chi connectivity index (χ2n) is 4.14. The molecule has 8 heteroatoms. The summed E-state index contributed by atoms with van der Waals surface area (Å²) in [6, 6.07) is 0. The maximum Gasteiger partial charge on any atom is 0.401 e. The summed E-state index contributed by atoms with van der Waals surface area (Å²) in [6.45, 7) is 2.62. The first kappa shape index (κ1) is 15.9. The zero-order valence-corrected chi connectivity index (χ0v) is 11.2. The number of nitrogens with one attached hydrogen (secondary N) is 1. The van der Waals surface area contributed by atoms with Crippen molar-refractivity contribution in [1.29, 1.82) is 0 Å². The highest BCUT2D eigenvalue weighted by molar-refractivity contribution is 5.00. The Balaban J connectivity index is 2.66. The highest BCUT2D eigenvalue weighted by atomic mass is 19.4. The number of halogens is 3. The van der Waals surface area contributed by atoms with Crippen molar-refractivity contribution < 1.29 is 22.4 Å². The Morgan fingerprint density at radius 1 is 1.26 bits per heavy atom. The second kappa shape index (κ2) is 6.33. The van der Waals surface area contributed by atoms with E-state index >= 15 is 0 Å². The summed E-state index contributed by atoms with van der Waals surface area (Å²) in [5.41, 5.74) is -0.647. The van der Waals surface area contributed by atoms with Crippen LogP contribution in [0.5, 0.6) is 0 Å². The molecule has 1 N–H and O–H groups in total. The summed E-state index contributed by atoms with van der Waals surface area (Å²) < 4.78 is 46.2. The van der Waals surface area contributed by atoms with E-state index in [1.54, 1.807) is 7.11 Å². The van der Waals surface area contributed by atoms with Crippen LogP contribution in [0.3, 0.4) is 0 Å². The molecule has 1 aromatic heterocycles. The summed E-state index contributed by atoms with van der Waals surface area (Å²) >= 11 is 0. The minimum Gasteiger partial charge on any atom is -0.370 e. The Morgan fingerprint density at radius 2 is 1.89 bits per heavy atom. The van der Waals surface area contributed by atoms with Crippen LogP contribution in [0.25, 0.3) is 0 Å². The number of rotatable bonds is 7. The van der Waals surface area contributed by atoms with Crippen molar-refractivity contribution in [1.82, 2.24) is 15.5 Å². The Morgan fingerprint density at radius 3 is 2.37 bits per heavy atom. The van der Waals surface area contributed by atoms with Crippen LogP contribution in [0.4, 0.5) is 13.2 Å². The molecule has 1 heterocycles. The van der Waals surface area contributed by atoms with E-state index in [1.165, 1.54) is 0 Å². The second-order valence-corrected chi connectivity index (χ2v) is 4.14. The fourth-order valence-corrected chi connectivity index (χ4v) is 1.77. The number of hydrogen-bond donors (Lipinski definition) is 1. The van der Waals surface area contributed by atoms with Gasteiger partial charge < -0.3 is 14.6 Å². The van der Waals surface area contributed by atoms with E-state index in [0.29, 0.717) is 18.7 Å². The first-order chi connectivity index (χ1) is 8.87. The third-order valence-electron chi connectivity index (χ3n) is 3.01. The SMILES string of the molecule is CCC(CC)(OC)c1noc(CNCC(F)(F)F)n1. The summed E-state index contributed by atoms with van der Waals surface area (Å²) in [4.78, 5) is 4.08. The molecule has 5 nitrogen and oxygen atoms in total. The molecule has 19 heavy (non-hydrogen) atoms. The van der Waals surface area contributed by atoms with Gasteiger partial charge in [-0.2, -0.15) is 18.2 Å². The highest BCUT2D eigenvalue weighted by Gasteiger charge is 2.33. The van der Waals surface area contributed by atoms with E-state index in [1.807, 2.05) is 13.8 Å². The van der Waals surface area contributed by atoms with Gasteiger partial charge in [0.05, 0.1) is 13.1 Å². The van der Waals surface area contributed by atoms with Crippen LogP contribution < -0.4 is 5.32 Å². The lowest BCUT2D eigenvalue weighted by Gasteiger charge is -2.25. The number of ether oxygens (including phenoxy) is 1. The van der Waals surface area contributed by atoms with Gasteiger partial charge in [-0.05, 0) is 12.8 Å². The van der Waals surface area contributed by atoms with E-state index in [4.69, 9.17) is 9.26 Å². The molecule has 0 aliphatic rings. The summed E-state index contributed by atoms with van der Waals surface area (Å²) in [7, 11) is 1.55. The smallest absolute Gasteiger partial charge is 0.370 e. The average molecular weight is 281 g/mol. The predicted octanol–water partition coefficient (Wildman–Crippen LogP) is 2.38. The average Bonchev–Trinajstić information content (AvgIpc) is 2.80. The molecular weight excluding hydrogens is 263 g/mol. The molecule has 0 bridgehead atoms. The van der Waals surface area contributed by atoms with Gasteiger partial charge in [0.15, 0.2) is 0 Å². The van der Waals surface area contributed by atoms with Crippen LogP contribution in [0.15, 0.2) is 4.52 Å². The van der Waals surface area contributed by atoms with Crippen molar-refractivity contribution >= 4 is 0 Å². The van der Waals surface area contributed by atoms with Gasteiger partial charge in [-0.1, -0.05) is 19.0 Å². The van der Waals surface area contributed by atoms with Crippen LogP contribution in [0.2, 0.25) is 0 Å². The van der Waals surface area contributed by atoms with Crippen molar-refractivity contribution in [2.45, 2.75) is 45.0 Å². The number of aromatic nitrogens is 2. The minimum absolute atomic E-state index is 0.113. The van der Waals surface area contributed by atoms with Gasteiger partial charge in [0.25, 0.3) is 0 Å². The topological polar surface area (TPSA) is 60.2 Å². The molecule has 0 spiro atoms. The molecule has 0 amide bonds. The fourth-order valence-electron chi connectivity index (χ4n) is 1.77. The fraction of sp³-hybridized carbons (Fsp3) is 0.818. The number of methoxy groups -OCH3 is 1. The Bertz CT molecular complexity index is 381. The van der Waals surface area contributed by atoms with E-state index in [-0.39, 0.29) is 12.4 Å². The third-order valence-corrected chi connectivity index (χ3v) is 3.01. The molecule has 0 fully saturated rings. The van der Waals surface area contributed by atoms with E-state index < -0.39 is 18.3 Å². The molecule has 0 radical (unpaired) electrons. The first-order valence-electron chi connectivity index (χ1n) is 6.02. The Kier molecular flexibility index (Phi) is 5.30. The van der Waals surface area contributed by atoms with Crippen LogP contribution in [-0.4, -0.2) is 30.0 Å². The Hall–Kier alpha value is -1.15. The van der Waals surface area contributed by atoms with Crippen molar-refractivity contribution in [2.24, 2.45) is 0 Å². The number of hydrogen-bond acceptors (Lipinski definition) is 5. The summed E-state index contributed by atoms with van der Waals surface area (Å²) in [5.74, 6) is 0.478. The van der Waals surface area contributed by atoms with E-state index in [0.717, 1.165) is 0 Å². The third kappa shape index (κ3) is 4.17. The van der Waals surface area contributed by atoms with Gasteiger partial charge in [-0.15, -0.1) is 0 Å². The lowest BCUT2D eigenvalue weighted by Crippen LogP contribution is -2.29. The molecule has 0 atom stereocenters. The van der Waals surface area contributed by atoms with Crippen molar-refractivity contribution in [3.63, 3.8) is 0 Å². The van der Waals surface area contributed by atoms with Crippen molar-refractivity contribution in [2.75, 3.05) is 13.7 Å². The molecular formula is C11H18F3N3O2. The molecule has 0 aromatic carbocycles. The monoisotopic (exact) mass is 281 g/mol. The molecule has 1 aromatic rings. The maximum atomic E-state index is 12.0. The van der Waals surface area contributed by atoms with Crippen LogP contribution >= 0.6 is 0 Å². The maximum absolute atomic E-state index is 12.0. The molecule has 0 aliphatic carbocycles. The molecule has 110 valence electrons. The van der Waals surface area contributed by atoms with Gasteiger partial charge >= 0.3 is 6.18 Å². The number of nitrogens with zero attached hydrogens (tertiary/aromatic N) is 2. The van der Waals surface area contributed by atoms with Crippen LogP contribution in [-0.2, 0) is 16.9 Å². The van der Waals surface area contributed by atoms with Gasteiger partial charge in [-0.25, -0.2) is 0 Å². The van der Waals surface area contributed by atoms with Crippen LogP contribution in [0, 0.1) is 0 Å². The normalized spacial score (nSPS) is 12.9. The standard InChI is InChI=1S/C11H18F3N3O2/c1-4-10(5-2,18-3)9-16-8(19-17-9)6-15-7-11(12,13)14/h15H,4-7H2,1-3H3. The van der Waals surface area contributed by atoms with Crippen molar-refractivity contribution in [3.05, 3.63) is 11.7 Å². The zero-order valence-electron chi connectivity index (χ0n) is 11.2. The lowest BCUT2D eigenvalue weighted by atomic mass is 9.96. The summed E-state index contributed by atoms with van der Waals surface area (Å²) in [5, 5.41) is 5.98. The zero-order chi connectivity index (χ0) is 14.5. The van der Waals surface area contributed by atoms with Crippen molar-refractivity contribution in [3.8, 4) is 0 Å². The largest absolute Gasteiger partial charge is 0.401 e. The predicted molar refractivity (Wildman–Crippen MR) is 61.3 cm³/mol. The molecule has 0 unspecified atom stereocenters. The van der Waals surface area contributed by atoms with Gasteiger partial charge in [0.1, 0.15) is 5.60 Å². The summed E-state index contributed by atoms with van der Waals surface area (Å²) in [6.07, 6.45) is -2.96. The first-order valence-corrected chi connectivity index (χ1v) is 6.02. The van der Waals surface area contributed by atoms with Gasteiger partial charge in [0.2, 0.25) is 11.7 Å². The minimum atomic E-state index is -4.26. The highest BCUT2D eigenvalue weighted by Crippen LogP contribution is 2.29. The van der Waals surface area contributed by atoms with E-state index in [9.17, 15) is 13.2 Å². The molecule has 0 aliphatic heterocycles. The van der Waals surface area contributed by atoms with Crippen LogP contribution in [0.1, 0.15) is 38.4 Å². The quantitative estimate of drug-likeness (QED) is 0.831. The Labute approximate surface area is 109 Å². The molecule has 0 saturated heterocycles.